The summed E-state index contributed by atoms with van der Waals surface area (Å²) >= 11 is 7.78. The predicted octanol–water partition coefficient (Wildman–Crippen LogP) is 16.0. The average molecular weight is 809 g/mol. The molecule has 0 heterocycles. The monoisotopic (exact) mass is 806 g/mol. The summed E-state index contributed by atoms with van der Waals surface area (Å²) < 4.78 is 2.46. The maximum absolute atomic E-state index is 3.89. The van der Waals surface area contributed by atoms with Crippen LogP contribution in [0.15, 0.2) is 45.3 Å². The Morgan fingerprint density at radius 1 is 0.511 bits per heavy atom. The zero-order valence-corrected chi connectivity index (χ0v) is 36.3. The molecule has 0 bridgehead atoms. The van der Waals surface area contributed by atoms with Gasteiger partial charge < -0.3 is 0 Å². The van der Waals surface area contributed by atoms with Gasteiger partial charge in [-0.2, -0.15) is 0 Å². The summed E-state index contributed by atoms with van der Waals surface area (Å²) in [7, 11) is 0.493. The van der Waals surface area contributed by atoms with Crippen LogP contribution in [-0.2, 0) is 5.41 Å². The van der Waals surface area contributed by atoms with Crippen LogP contribution in [0.1, 0.15) is 155 Å². The highest BCUT2D eigenvalue weighted by molar-refractivity contribution is 9.10. The van der Waals surface area contributed by atoms with Crippen LogP contribution < -0.4 is 0 Å². The van der Waals surface area contributed by atoms with Crippen LogP contribution >= 0.6 is 47.7 Å². The van der Waals surface area contributed by atoms with Gasteiger partial charge in [0.25, 0.3) is 0 Å². The van der Waals surface area contributed by atoms with Gasteiger partial charge in [-0.25, -0.2) is 0 Å². The van der Waals surface area contributed by atoms with Crippen molar-refractivity contribution in [1.82, 2.24) is 0 Å². The fraction of sp³-hybridized carbons (Fsp3) is 0.721. The van der Waals surface area contributed by atoms with Gasteiger partial charge in [0.05, 0.1) is 0 Å². The first-order valence-corrected chi connectivity index (χ1v) is 25.2. The van der Waals surface area contributed by atoms with Gasteiger partial charge in [-0.05, 0) is 147 Å². The minimum Gasteiger partial charge on any atom is -0.107 e. The Hall–Kier alpha value is 0.260. The van der Waals surface area contributed by atoms with Crippen LogP contribution in [0.5, 0.6) is 0 Å². The summed E-state index contributed by atoms with van der Waals surface area (Å²) in [4.78, 5) is 0. The van der Waals surface area contributed by atoms with Crippen LogP contribution in [-0.4, -0.2) is 37.0 Å². The topological polar surface area (TPSA) is 0 Å². The Kier molecular flexibility index (Phi) is 20.4. The van der Waals surface area contributed by atoms with E-state index in [-0.39, 0.29) is 21.3 Å². The molecule has 1 aliphatic carbocycles. The number of unbranched alkanes of at least 4 members (excludes halogenated alkanes) is 4. The lowest BCUT2D eigenvalue weighted by Gasteiger charge is -2.34. The Morgan fingerprint density at radius 2 is 0.872 bits per heavy atom. The summed E-state index contributed by atoms with van der Waals surface area (Å²) in [6.45, 7) is 14.6. The summed E-state index contributed by atoms with van der Waals surface area (Å²) in [6, 6.07) is 14.3. The average Bonchev–Trinajstić information content (AvgIpc) is 3.31. The zero-order chi connectivity index (χ0) is 34.1. The number of benzene rings is 2. The summed E-state index contributed by atoms with van der Waals surface area (Å²) in [5, 5.41) is 0. The summed E-state index contributed by atoms with van der Waals surface area (Å²) in [5.74, 6) is 1.67. The van der Waals surface area contributed by atoms with Crippen molar-refractivity contribution in [3.8, 4) is 11.1 Å². The molecule has 266 valence electrons. The third-order valence-electron chi connectivity index (χ3n) is 11.1. The van der Waals surface area contributed by atoms with Crippen molar-refractivity contribution in [2.75, 3.05) is 37.0 Å². The predicted molar refractivity (Wildman–Crippen MR) is 226 cm³/mol. The van der Waals surface area contributed by atoms with Crippen LogP contribution in [0, 0.1) is 11.8 Å². The molecule has 2 aromatic rings. The molecule has 0 aliphatic heterocycles. The van der Waals surface area contributed by atoms with E-state index in [4.69, 9.17) is 0 Å². The minimum absolute atomic E-state index is 0.126. The third-order valence-corrected chi connectivity index (χ3v) is 17.6. The molecule has 0 N–H and O–H groups in total. The van der Waals surface area contributed by atoms with E-state index in [1.165, 1.54) is 160 Å². The zero-order valence-electron chi connectivity index (χ0n) is 31.3. The van der Waals surface area contributed by atoms with Gasteiger partial charge in [0, 0.05) is 14.4 Å². The van der Waals surface area contributed by atoms with Crippen molar-refractivity contribution < 1.29 is 0 Å². The second kappa shape index (κ2) is 22.9. The van der Waals surface area contributed by atoms with Crippen molar-refractivity contribution in [2.24, 2.45) is 11.8 Å². The van der Waals surface area contributed by atoms with Gasteiger partial charge >= 0.3 is 0 Å². The fourth-order valence-corrected chi connectivity index (χ4v) is 14.6. The van der Waals surface area contributed by atoms with Crippen molar-refractivity contribution in [1.29, 1.82) is 0 Å². The van der Waals surface area contributed by atoms with Crippen LogP contribution in [0.2, 0.25) is 0 Å². The largest absolute Gasteiger partial charge is 0.107 e. The second-order valence-electron chi connectivity index (χ2n) is 15.1. The molecule has 1 aliphatic rings. The second-order valence-corrected chi connectivity index (χ2v) is 22.3. The molecule has 0 fully saturated rings. The molecule has 2 aromatic carbocycles. The molecule has 0 saturated carbocycles. The van der Waals surface area contributed by atoms with Crippen LogP contribution in [0.25, 0.3) is 11.1 Å². The molecule has 0 saturated heterocycles. The maximum Gasteiger partial charge on any atom is 0.0216 e. The molecule has 0 radical (unpaired) electrons. The highest BCUT2D eigenvalue weighted by atomic mass is 79.9. The molecule has 0 nitrogen and oxygen atoms in total. The number of halogens is 2. The molecule has 0 spiro atoms. The van der Waals surface area contributed by atoms with Crippen molar-refractivity contribution in [3.05, 3.63) is 56.5 Å². The minimum atomic E-state index is 0.126. The molecule has 0 amide bonds. The fourth-order valence-electron chi connectivity index (χ4n) is 7.90. The van der Waals surface area contributed by atoms with Crippen LogP contribution in [0.4, 0.5) is 0 Å². The van der Waals surface area contributed by atoms with Crippen molar-refractivity contribution >= 4 is 47.7 Å². The Balaban J connectivity index is 1.71. The van der Waals surface area contributed by atoms with E-state index in [0.717, 1.165) is 11.8 Å². The Morgan fingerprint density at radius 3 is 1.21 bits per heavy atom. The van der Waals surface area contributed by atoms with Crippen molar-refractivity contribution in [2.45, 2.75) is 150 Å². The first kappa shape index (κ1) is 41.7. The normalized spacial score (nSPS) is 14.9. The molecular weight excluding hydrogens is 738 g/mol. The van der Waals surface area contributed by atoms with E-state index in [0.29, 0.717) is 0 Å². The van der Waals surface area contributed by atoms with E-state index in [2.05, 4.69) is 110 Å². The van der Waals surface area contributed by atoms with Gasteiger partial charge in [-0.15, -0.1) is 15.8 Å². The van der Waals surface area contributed by atoms with E-state index in [1.54, 1.807) is 11.1 Å². The molecule has 4 heteroatoms. The summed E-state index contributed by atoms with van der Waals surface area (Å²) in [6.07, 6.45) is 31.1. The van der Waals surface area contributed by atoms with Gasteiger partial charge in [0.15, 0.2) is 0 Å². The lowest BCUT2D eigenvalue weighted by atomic mass is 9.70. The maximum atomic E-state index is 3.89. The number of hydrogen-bond acceptors (Lipinski definition) is 0. The van der Waals surface area contributed by atoms with Crippen LogP contribution in [0.3, 0.4) is 0 Å². The standard InChI is InChI=1S/C43H70Br2P2/c1-7-11-27-46(28-12-8-2)31-23-35(5)17-15-25-43(26-16-18-36(6)24-32-47(29-13-9-3)30-14-10-4)41-33-37(44)19-21-39(41)40-22-20-38(45)34-42(40)43/h19-22,33-36H,7-18,23-32H2,1-6H3. The smallest absolute Gasteiger partial charge is 0.0216 e. The molecule has 47 heavy (non-hydrogen) atoms. The first-order chi connectivity index (χ1) is 22.8. The third kappa shape index (κ3) is 13.4. The highest BCUT2D eigenvalue weighted by Gasteiger charge is 2.42. The van der Waals surface area contributed by atoms with Gasteiger partial charge in [-0.1, -0.05) is 137 Å². The molecule has 2 unspecified atom stereocenters. The number of rotatable bonds is 26. The molecular formula is C43H70Br2P2. The van der Waals surface area contributed by atoms with Crippen molar-refractivity contribution in [3.63, 3.8) is 0 Å². The molecule has 3 rings (SSSR count). The van der Waals surface area contributed by atoms with E-state index < -0.39 is 0 Å². The number of hydrogen-bond donors (Lipinski definition) is 0. The lowest BCUT2D eigenvalue weighted by Crippen LogP contribution is -2.26. The van der Waals surface area contributed by atoms with Gasteiger partial charge in [0.1, 0.15) is 0 Å². The Bertz CT molecular complexity index is 1040. The lowest BCUT2D eigenvalue weighted by molar-refractivity contribution is 0.366. The highest BCUT2D eigenvalue weighted by Crippen LogP contribution is 2.55. The van der Waals surface area contributed by atoms with E-state index >= 15 is 0 Å². The van der Waals surface area contributed by atoms with Gasteiger partial charge in [0.2, 0.25) is 0 Å². The number of fused-ring (bicyclic) bond motifs is 3. The SMILES string of the molecule is CCCCP(CCCC)CCC(C)CCCC1(CCCC(C)CCP(CCCC)CCCC)c2cc(Br)ccc2-c2ccc(Br)cc21. The van der Waals surface area contributed by atoms with Gasteiger partial charge in [-0.3, -0.25) is 0 Å². The quantitative estimate of drug-likeness (QED) is 0.0831. The summed E-state index contributed by atoms with van der Waals surface area (Å²) in [5.41, 5.74) is 6.26. The first-order valence-electron chi connectivity index (χ1n) is 19.8. The van der Waals surface area contributed by atoms with E-state index in [1.807, 2.05) is 0 Å². The van der Waals surface area contributed by atoms with E-state index in [9.17, 15) is 0 Å². The molecule has 2 atom stereocenters. The Labute approximate surface area is 312 Å². The molecule has 0 aromatic heterocycles.